The number of hydrogen-bond donors (Lipinski definition) is 0. The molecule has 1 atom stereocenters. The van der Waals surface area contributed by atoms with Crippen LogP contribution >= 0.6 is 0 Å². The maximum Gasteiger partial charge on any atom is 0.328 e. The summed E-state index contributed by atoms with van der Waals surface area (Å²) < 4.78 is 4.93. The first-order valence-electron chi connectivity index (χ1n) is 7.39. The number of hydrogen-bond acceptors (Lipinski definition) is 4. The van der Waals surface area contributed by atoms with E-state index in [4.69, 9.17) is 4.74 Å². The van der Waals surface area contributed by atoms with E-state index in [1.807, 2.05) is 0 Å². The Hall–Kier alpha value is -1.71. The van der Waals surface area contributed by atoms with Crippen molar-refractivity contribution in [1.29, 1.82) is 0 Å². The van der Waals surface area contributed by atoms with Crippen molar-refractivity contribution >= 4 is 17.3 Å². The molecule has 1 fully saturated rings. The van der Waals surface area contributed by atoms with E-state index in [2.05, 4.69) is 35.0 Å². The molecule has 4 heteroatoms. The van der Waals surface area contributed by atoms with Crippen LogP contribution in [0.2, 0.25) is 0 Å². The van der Waals surface area contributed by atoms with E-state index in [9.17, 15) is 4.79 Å². The van der Waals surface area contributed by atoms with Crippen LogP contribution in [0.3, 0.4) is 0 Å². The Bertz CT molecular complexity index is 515. The van der Waals surface area contributed by atoms with Crippen LogP contribution in [-0.4, -0.2) is 39.3 Å². The van der Waals surface area contributed by atoms with E-state index < -0.39 is 0 Å². The fourth-order valence-electron chi connectivity index (χ4n) is 3.41. The van der Waals surface area contributed by atoms with E-state index in [1.165, 1.54) is 24.8 Å². The van der Waals surface area contributed by atoms with Gasteiger partial charge < -0.3 is 14.5 Å². The number of methoxy groups -OCH3 is 1. The van der Waals surface area contributed by atoms with Crippen LogP contribution in [-0.2, 0) is 16.0 Å². The highest BCUT2D eigenvalue weighted by Gasteiger charge is 2.32. The van der Waals surface area contributed by atoms with Gasteiger partial charge in [0, 0.05) is 31.5 Å². The normalized spacial score (nSPS) is 21.8. The van der Waals surface area contributed by atoms with E-state index in [0.717, 1.165) is 38.0 Å². The van der Waals surface area contributed by atoms with Crippen LogP contribution in [0.5, 0.6) is 0 Å². The minimum Gasteiger partial charge on any atom is -0.467 e. The van der Waals surface area contributed by atoms with E-state index >= 15 is 0 Å². The Morgan fingerprint density at radius 3 is 2.95 bits per heavy atom. The molecule has 2 heterocycles. The van der Waals surface area contributed by atoms with E-state index in [1.54, 1.807) is 0 Å². The molecule has 1 saturated heterocycles. The summed E-state index contributed by atoms with van der Waals surface area (Å²) in [6, 6.07) is 6.48. The maximum absolute atomic E-state index is 11.9. The molecule has 0 spiro atoms. The highest BCUT2D eigenvalue weighted by Crippen LogP contribution is 2.33. The topological polar surface area (TPSA) is 32.8 Å². The lowest BCUT2D eigenvalue weighted by molar-refractivity contribution is -0.141. The summed E-state index contributed by atoms with van der Waals surface area (Å²) in [7, 11) is 3.62. The zero-order valence-electron chi connectivity index (χ0n) is 12.3. The van der Waals surface area contributed by atoms with Gasteiger partial charge in [0.2, 0.25) is 0 Å². The summed E-state index contributed by atoms with van der Waals surface area (Å²) >= 11 is 0. The predicted molar refractivity (Wildman–Crippen MR) is 80.4 cm³/mol. The number of carbonyl (C=O) groups is 1. The van der Waals surface area contributed by atoms with Crippen molar-refractivity contribution in [1.82, 2.24) is 0 Å². The van der Waals surface area contributed by atoms with Crippen LogP contribution in [0, 0.1) is 0 Å². The number of anilines is 2. The van der Waals surface area contributed by atoms with Crippen LogP contribution in [0.25, 0.3) is 0 Å². The number of ether oxygens (including phenoxy) is 1. The number of esters is 1. The minimum atomic E-state index is -0.114. The molecule has 4 nitrogen and oxygen atoms in total. The molecule has 2 aliphatic heterocycles. The third-order valence-corrected chi connectivity index (χ3v) is 4.47. The Morgan fingerprint density at radius 1 is 1.30 bits per heavy atom. The molecule has 0 aromatic heterocycles. The van der Waals surface area contributed by atoms with Crippen LogP contribution in [0.15, 0.2) is 18.2 Å². The summed E-state index contributed by atoms with van der Waals surface area (Å²) in [5.41, 5.74) is 3.88. The van der Waals surface area contributed by atoms with Gasteiger partial charge in [-0.2, -0.15) is 0 Å². The SMILES string of the molecule is COC(=O)C1CCCN1c1ccc2c(c1)CCCN2C. The summed E-state index contributed by atoms with van der Waals surface area (Å²) in [6.07, 6.45) is 4.28. The second-order valence-corrected chi connectivity index (χ2v) is 5.71. The fourth-order valence-corrected chi connectivity index (χ4v) is 3.41. The first kappa shape index (κ1) is 13.3. The Morgan fingerprint density at radius 2 is 2.15 bits per heavy atom. The lowest BCUT2D eigenvalue weighted by atomic mass is 10.0. The zero-order valence-corrected chi connectivity index (χ0v) is 12.3. The van der Waals surface area contributed by atoms with Crippen molar-refractivity contribution in [2.45, 2.75) is 31.7 Å². The first-order valence-corrected chi connectivity index (χ1v) is 7.39. The molecule has 1 unspecified atom stereocenters. The summed E-state index contributed by atoms with van der Waals surface area (Å²) in [5.74, 6) is -0.114. The van der Waals surface area contributed by atoms with Crippen LogP contribution in [0.4, 0.5) is 11.4 Å². The highest BCUT2D eigenvalue weighted by molar-refractivity contribution is 5.81. The lowest BCUT2D eigenvalue weighted by Crippen LogP contribution is -2.37. The fraction of sp³-hybridized carbons (Fsp3) is 0.562. The first-order chi connectivity index (χ1) is 9.70. The molecule has 0 N–H and O–H groups in total. The number of aryl methyl sites for hydroxylation is 1. The molecular weight excluding hydrogens is 252 g/mol. The van der Waals surface area contributed by atoms with Crippen molar-refractivity contribution in [3.63, 3.8) is 0 Å². The summed E-state index contributed by atoms with van der Waals surface area (Å²) in [4.78, 5) is 16.4. The molecule has 20 heavy (non-hydrogen) atoms. The van der Waals surface area contributed by atoms with Gasteiger partial charge in [0.1, 0.15) is 6.04 Å². The quantitative estimate of drug-likeness (QED) is 0.774. The standard InChI is InChI=1S/C16H22N2O2/c1-17-9-3-5-12-11-13(7-8-14(12)17)18-10-4-6-15(18)16(19)20-2/h7-8,11,15H,3-6,9-10H2,1-2H3. The second-order valence-electron chi connectivity index (χ2n) is 5.71. The maximum atomic E-state index is 11.9. The summed E-state index contributed by atoms with van der Waals surface area (Å²) in [6.45, 7) is 2.06. The predicted octanol–water partition coefficient (Wildman–Crippen LogP) is 2.21. The third kappa shape index (κ3) is 2.23. The van der Waals surface area contributed by atoms with E-state index in [-0.39, 0.29) is 12.0 Å². The van der Waals surface area contributed by atoms with Gasteiger partial charge in [0.15, 0.2) is 0 Å². The van der Waals surface area contributed by atoms with Gasteiger partial charge in [-0.05, 0) is 49.4 Å². The highest BCUT2D eigenvalue weighted by atomic mass is 16.5. The molecular formula is C16H22N2O2. The summed E-state index contributed by atoms with van der Waals surface area (Å²) in [5, 5.41) is 0. The van der Waals surface area contributed by atoms with Crippen molar-refractivity contribution in [3.05, 3.63) is 23.8 Å². The van der Waals surface area contributed by atoms with Gasteiger partial charge in [-0.15, -0.1) is 0 Å². The smallest absolute Gasteiger partial charge is 0.328 e. The average molecular weight is 274 g/mol. The molecule has 2 aliphatic rings. The third-order valence-electron chi connectivity index (χ3n) is 4.47. The molecule has 0 saturated carbocycles. The molecule has 1 aromatic carbocycles. The number of nitrogens with zero attached hydrogens (tertiary/aromatic N) is 2. The van der Waals surface area contributed by atoms with Gasteiger partial charge in [0.05, 0.1) is 7.11 Å². The number of carbonyl (C=O) groups excluding carboxylic acids is 1. The zero-order chi connectivity index (χ0) is 14.1. The van der Waals surface area contributed by atoms with Crippen molar-refractivity contribution in [2.24, 2.45) is 0 Å². The largest absolute Gasteiger partial charge is 0.467 e. The van der Waals surface area contributed by atoms with Gasteiger partial charge in [-0.25, -0.2) is 4.79 Å². The molecule has 0 aliphatic carbocycles. The van der Waals surface area contributed by atoms with Crippen LogP contribution < -0.4 is 9.80 Å². The Kier molecular flexibility index (Phi) is 3.55. The molecule has 0 bridgehead atoms. The minimum absolute atomic E-state index is 0.112. The van der Waals surface area contributed by atoms with Crippen molar-refractivity contribution < 1.29 is 9.53 Å². The number of rotatable bonds is 2. The number of fused-ring (bicyclic) bond motifs is 1. The monoisotopic (exact) mass is 274 g/mol. The molecule has 3 rings (SSSR count). The van der Waals surface area contributed by atoms with Crippen molar-refractivity contribution in [2.75, 3.05) is 37.0 Å². The second kappa shape index (κ2) is 5.35. The Balaban J connectivity index is 1.89. The Labute approximate surface area is 120 Å². The molecule has 0 radical (unpaired) electrons. The van der Waals surface area contributed by atoms with Gasteiger partial charge in [-0.3, -0.25) is 0 Å². The molecule has 1 aromatic rings. The average Bonchev–Trinajstić information content (AvgIpc) is 2.96. The van der Waals surface area contributed by atoms with Gasteiger partial charge in [0.25, 0.3) is 0 Å². The lowest BCUT2D eigenvalue weighted by Gasteiger charge is -2.30. The van der Waals surface area contributed by atoms with Crippen molar-refractivity contribution in [3.8, 4) is 0 Å². The number of benzene rings is 1. The van der Waals surface area contributed by atoms with E-state index in [0.29, 0.717) is 0 Å². The van der Waals surface area contributed by atoms with Gasteiger partial charge >= 0.3 is 5.97 Å². The molecule has 0 amide bonds. The van der Waals surface area contributed by atoms with Gasteiger partial charge in [-0.1, -0.05) is 0 Å². The van der Waals surface area contributed by atoms with Crippen LogP contribution in [0.1, 0.15) is 24.8 Å². The molecule has 108 valence electrons.